The van der Waals surface area contributed by atoms with Gasteiger partial charge in [0.05, 0.1) is 0 Å². The van der Waals surface area contributed by atoms with Crippen molar-refractivity contribution < 1.29 is 0 Å². The van der Waals surface area contributed by atoms with Gasteiger partial charge in [-0.05, 0) is 65.1 Å². The third-order valence-electron chi connectivity index (χ3n) is 3.86. The number of aromatic nitrogens is 1. The van der Waals surface area contributed by atoms with Crippen LogP contribution in [-0.4, -0.2) is 27.6 Å². The van der Waals surface area contributed by atoms with E-state index in [1.165, 1.54) is 31.4 Å². The zero-order chi connectivity index (χ0) is 12.5. The summed E-state index contributed by atoms with van der Waals surface area (Å²) in [6.45, 7) is 11.6. The van der Waals surface area contributed by atoms with Crippen LogP contribution in [0.15, 0.2) is 18.5 Å². The lowest BCUT2D eigenvalue weighted by Gasteiger charge is -2.37. The summed E-state index contributed by atoms with van der Waals surface area (Å²) in [6.07, 6.45) is 8.47. The van der Waals surface area contributed by atoms with Gasteiger partial charge >= 0.3 is 0 Å². The van der Waals surface area contributed by atoms with Gasteiger partial charge in [-0.3, -0.25) is 4.90 Å². The molecule has 0 N–H and O–H groups in total. The maximum absolute atomic E-state index is 2.68. The molecule has 0 aliphatic carbocycles. The molecular formula is C15H26N2. The summed E-state index contributed by atoms with van der Waals surface area (Å²) >= 11 is 0. The molecule has 1 fully saturated rings. The van der Waals surface area contributed by atoms with E-state index in [1.807, 2.05) is 0 Å². The standard InChI is InChI=1S/C15H26N2/c1-13-7-10-16(12-13)11-8-14-6-5-9-17(14)15(2,3)4/h7,10,12,14H,5-6,8-9,11H2,1-4H3. The predicted molar refractivity (Wildman–Crippen MR) is 73.3 cm³/mol. The van der Waals surface area contributed by atoms with Crippen LogP contribution in [0.3, 0.4) is 0 Å². The Morgan fingerprint density at radius 3 is 2.71 bits per heavy atom. The Hall–Kier alpha value is -0.760. The molecule has 1 aromatic heterocycles. The molecule has 2 rings (SSSR count). The highest BCUT2D eigenvalue weighted by atomic mass is 15.2. The highest BCUT2D eigenvalue weighted by Crippen LogP contribution is 2.28. The molecule has 0 radical (unpaired) electrons. The summed E-state index contributed by atoms with van der Waals surface area (Å²) in [5, 5.41) is 0. The molecule has 0 bridgehead atoms. The van der Waals surface area contributed by atoms with Crippen molar-refractivity contribution in [2.75, 3.05) is 6.54 Å². The van der Waals surface area contributed by atoms with E-state index >= 15 is 0 Å². The van der Waals surface area contributed by atoms with Gasteiger partial charge in [0, 0.05) is 30.5 Å². The molecule has 96 valence electrons. The minimum absolute atomic E-state index is 0.327. The van der Waals surface area contributed by atoms with Crippen LogP contribution in [0.2, 0.25) is 0 Å². The molecule has 1 aliphatic heterocycles. The Kier molecular flexibility index (Phi) is 3.62. The molecule has 0 aromatic carbocycles. The number of hydrogen-bond donors (Lipinski definition) is 0. The fourth-order valence-electron chi connectivity index (χ4n) is 3.02. The Morgan fingerprint density at radius 2 is 2.12 bits per heavy atom. The topological polar surface area (TPSA) is 8.17 Å². The van der Waals surface area contributed by atoms with E-state index in [4.69, 9.17) is 0 Å². The second kappa shape index (κ2) is 4.85. The van der Waals surface area contributed by atoms with Crippen molar-refractivity contribution in [2.24, 2.45) is 0 Å². The number of rotatable bonds is 3. The zero-order valence-electron chi connectivity index (χ0n) is 11.7. The first-order chi connectivity index (χ1) is 7.97. The predicted octanol–water partition coefficient (Wildman–Crippen LogP) is 3.45. The van der Waals surface area contributed by atoms with Crippen LogP contribution in [0.5, 0.6) is 0 Å². The molecule has 1 unspecified atom stereocenters. The summed E-state index contributed by atoms with van der Waals surface area (Å²) in [4.78, 5) is 2.68. The van der Waals surface area contributed by atoms with Gasteiger partial charge in [-0.1, -0.05) is 0 Å². The molecule has 0 amide bonds. The van der Waals surface area contributed by atoms with Gasteiger partial charge in [-0.2, -0.15) is 0 Å². The van der Waals surface area contributed by atoms with Gasteiger partial charge in [0.2, 0.25) is 0 Å². The number of nitrogens with zero attached hydrogens (tertiary/aromatic N) is 2. The number of hydrogen-bond acceptors (Lipinski definition) is 1. The highest BCUT2D eigenvalue weighted by Gasteiger charge is 2.32. The fraction of sp³-hybridized carbons (Fsp3) is 0.733. The minimum atomic E-state index is 0.327. The van der Waals surface area contributed by atoms with Crippen LogP contribution in [0.25, 0.3) is 0 Å². The molecule has 1 aliphatic rings. The van der Waals surface area contributed by atoms with Gasteiger partial charge in [0.1, 0.15) is 0 Å². The highest BCUT2D eigenvalue weighted by molar-refractivity contribution is 5.07. The lowest BCUT2D eigenvalue weighted by molar-refractivity contribution is 0.113. The van der Waals surface area contributed by atoms with Crippen molar-refractivity contribution in [3.05, 3.63) is 24.0 Å². The fourth-order valence-corrected chi connectivity index (χ4v) is 3.02. The van der Waals surface area contributed by atoms with E-state index in [0.29, 0.717) is 5.54 Å². The van der Waals surface area contributed by atoms with E-state index in [2.05, 4.69) is 55.6 Å². The third-order valence-corrected chi connectivity index (χ3v) is 3.86. The Balaban J connectivity index is 1.90. The van der Waals surface area contributed by atoms with E-state index < -0.39 is 0 Å². The first kappa shape index (κ1) is 12.7. The van der Waals surface area contributed by atoms with Gasteiger partial charge < -0.3 is 4.57 Å². The summed E-state index contributed by atoms with van der Waals surface area (Å²) in [7, 11) is 0. The maximum Gasteiger partial charge on any atom is 0.0234 e. The third kappa shape index (κ3) is 3.12. The molecule has 1 saturated heterocycles. The number of aryl methyl sites for hydroxylation is 2. The van der Waals surface area contributed by atoms with Crippen molar-refractivity contribution in [1.82, 2.24) is 9.47 Å². The number of likely N-dealkylation sites (tertiary alicyclic amines) is 1. The first-order valence-corrected chi connectivity index (χ1v) is 6.86. The summed E-state index contributed by atoms with van der Waals surface area (Å²) in [5.41, 5.74) is 1.69. The molecule has 2 nitrogen and oxygen atoms in total. The molecule has 1 atom stereocenters. The van der Waals surface area contributed by atoms with Crippen molar-refractivity contribution in [2.45, 2.75) is 65.1 Å². The van der Waals surface area contributed by atoms with E-state index in [0.717, 1.165) is 12.6 Å². The molecule has 0 saturated carbocycles. The Bertz CT molecular complexity index is 359. The van der Waals surface area contributed by atoms with Gasteiger partial charge in [0.15, 0.2) is 0 Å². The average Bonchev–Trinajstić information content (AvgIpc) is 2.81. The molecule has 0 spiro atoms. The van der Waals surface area contributed by atoms with Crippen LogP contribution in [0.1, 0.15) is 45.6 Å². The smallest absolute Gasteiger partial charge is 0.0234 e. The second-order valence-corrected chi connectivity index (χ2v) is 6.38. The SMILES string of the molecule is Cc1ccn(CCC2CCCN2C(C)(C)C)c1. The van der Waals surface area contributed by atoms with Crippen LogP contribution in [0, 0.1) is 6.92 Å². The van der Waals surface area contributed by atoms with Crippen molar-refractivity contribution in [3.63, 3.8) is 0 Å². The van der Waals surface area contributed by atoms with E-state index in [1.54, 1.807) is 0 Å². The summed E-state index contributed by atoms with van der Waals surface area (Å²) < 4.78 is 2.33. The largest absolute Gasteiger partial charge is 0.354 e. The zero-order valence-corrected chi connectivity index (χ0v) is 11.7. The van der Waals surface area contributed by atoms with Crippen LogP contribution < -0.4 is 0 Å². The summed E-state index contributed by atoms with van der Waals surface area (Å²) in [6, 6.07) is 2.97. The Morgan fingerprint density at radius 1 is 1.35 bits per heavy atom. The summed E-state index contributed by atoms with van der Waals surface area (Å²) in [5.74, 6) is 0. The van der Waals surface area contributed by atoms with E-state index in [9.17, 15) is 0 Å². The lowest BCUT2D eigenvalue weighted by Crippen LogP contribution is -2.44. The lowest BCUT2D eigenvalue weighted by atomic mass is 10.0. The maximum atomic E-state index is 2.68. The van der Waals surface area contributed by atoms with Gasteiger partial charge in [0.25, 0.3) is 0 Å². The molecular weight excluding hydrogens is 208 g/mol. The van der Waals surface area contributed by atoms with Crippen molar-refractivity contribution >= 4 is 0 Å². The van der Waals surface area contributed by atoms with E-state index in [-0.39, 0.29) is 0 Å². The normalized spacial score (nSPS) is 22.2. The van der Waals surface area contributed by atoms with Gasteiger partial charge in [-0.25, -0.2) is 0 Å². The second-order valence-electron chi connectivity index (χ2n) is 6.38. The molecule has 17 heavy (non-hydrogen) atoms. The monoisotopic (exact) mass is 234 g/mol. The molecule has 1 aromatic rings. The average molecular weight is 234 g/mol. The molecule has 2 heterocycles. The van der Waals surface area contributed by atoms with Crippen molar-refractivity contribution in [3.8, 4) is 0 Å². The van der Waals surface area contributed by atoms with Crippen LogP contribution in [-0.2, 0) is 6.54 Å². The quantitative estimate of drug-likeness (QED) is 0.777. The molecule has 2 heteroatoms. The van der Waals surface area contributed by atoms with Crippen LogP contribution in [0.4, 0.5) is 0 Å². The van der Waals surface area contributed by atoms with Crippen LogP contribution >= 0.6 is 0 Å². The van der Waals surface area contributed by atoms with Crippen molar-refractivity contribution in [1.29, 1.82) is 0 Å². The Labute approximate surface area is 106 Å². The minimum Gasteiger partial charge on any atom is -0.354 e. The first-order valence-electron chi connectivity index (χ1n) is 6.86. The van der Waals surface area contributed by atoms with Gasteiger partial charge in [-0.15, -0.1) is 0 Å².